The predicted molar refractivity (Wildman–Crippen MR) is 170 cm³/mol. The molecule has 0 fully saturated rings. The summed E-state index contributed by atoms with van der Waals surface area (Å²) in [6.45, 7) is 13.1. The number of ether oxygens (including phenoxy) is 2. The minimum Gasteiger partial charge on any atom is -0.456 e. The molecule has 216 valence electrons. The van der Waals surface area contributed by atoms with Crippen molar-refractivity contribution in [2.24, 2.45) is 11.8 Å². The second kappa shape index (κ2) is 11.2. The summed E-state index contributed by atoms with van der Waals surface area (Å²) >= 11 is 0. The largest absolute Gasteiger partial charge is 0.456 e. The summed E-state index contributed by atoms with van der Waals surface area (Å²) in [6, 6.07) is 28.4. The first-order chi connectivity index (χ1) is 20.3. The van der Waals surface area contributed by atoms with E-state index in [1.807, 2.05) is 54.6 Å². The Bertz CT molecular complexity index is 1600. The second-order valence-corrected chi connectivity index (χ2v) is 12.4. The molecule has 2 aliphatic heterocycles. The van der Waals surface area contributed by atoms with Crippen molar-refractivity contribution in [3.63, 3.8) is 0 Å². The molecule has 2 heterocycles. The number of aryl methyl sites for hydroxylation is 1. The van der Waals surface area contributed by atoms with Gasteiger partial charge in [0.2, 0.25) is 0 Å². The number of hydrogen-bond donors (Lipinski definition) is 1. The molecule has 0 aliphatic carbocycles. The monoisotopic (exact) mass is 560 g/mol. The maximum atomic E-state index is 13.4. The molecular formula is C37H40N2O3. The Morgan fingerprint density at radius 1 is 0.762 bits per heavy atom. The van der Waals surface area contributed by atoms with Gasteiger partial charge in [0.1, 0.15) is 11.5 Å². The first-order valence-corrected chi connectivity index (χ1v) is 15.1. The highest BCUT2D eigenvalue weighted by Gasteiger charge is 2.53. The van der Waals surface area contributed by atoms with Gasteiger partial charge in [0.15, 0.2) is 5.60 Å². The molecule has 42 heavy (non-hydrogen) atoms. The zero-order valence-corrected chi connectivity index (χ0v) is 25.2. The van der Waals surface area contributed by atoms with E-state index in [0.717, 1.165) is 71.0 Å². The predicted octanol–water partition coefficient (Wildman–Crippen LogP) is 9.21. The molecule has 0 aromatic heterocycles. The van der Waals surface area contributed by atoms with Crippen LogP contribution in [0.2, 0.25) is 0 Å². The molecule has 0 saturated carbocycles. The zero-order chi connectivity index (χ0) is 29.4. The molecular weight excluding hydrogens is 520 g/mol. The van der Waals surface area contributed by atoms with Crippen LogP contribution in [-0.4, -0.2) is 19.1 Å². The third kappa shape index (κ3) is 5.02. The highest BCUT2D eigenvalue weighted by Crippen LogP contribution is 2.57. The van der Waals surface area contributed by atoms with Crippen LogP contribution in [0, 0.1) is 18.8 Å². The Hall–Kier alpha value is -4.25. The van der Waals surface area contributed by atoms with Gasteiger partial charge in [0, 0.05) is 52.9 Å². The SMILES string of the molecule is Cc1cc2c(cc1Nc1ccccc1)C1(OC(=O)c3ccccc31)c1ccc(N(CCC(C)C)CCC(C)C)cc1O2. The van der Waals surface area contributed by atoms with E-state index in [2.05, 4.69) is 75.2 Å². The number of nitrogens with zero attached hydrogens (tertiary/aromatic N) is 1. The van der Waals surface area contributed by atoms with Crippen molar-refractivity contribution in [2.45, 2.75) is 53.1 Å². The molecule has 0 bridgehead atoms. The molecule has 6 rings (SSSR count). The van der Waals surface area contributed by atoms with Gasteiger partial charge in [-0.3, -0.25) is 0 Å². The summed E-state index contributed by atoms with van der Waals surface area (Å²) < 4.78 is 13.2. The Balaban J connectivity index is 1.49. The Morgan fingerprint density at radius 3 is 2.14 bits per heavy atom. The fourth-order valence-corrected chi connectivity index (χ4v) is 6.01. The summed E-state index contributed by atoms with van der Waals surface area (Å²) in [5.74, 6) is 2.35. The van der Waals surface area contributed by atoms with Gasteiger partial charge in [-0.2, -0.15) is 0 Å². The molecule has 0 saturated heterocycles. The van der Waals surface area contributed by atoms with Gasteiger partial charge in [0.25, 0.3) is 0 Å². The van der Waals surface area contributed by atoms with Gasteiger partial charge in [-0.05, 0) is 79.6 Å². The number of esters is 1. The van der Waals surface area contributed by atoms with E-state index in [9.17, 15) is 4.79 Å². The Morgan fingerprint density at radius 2 is 1.43 bits per heavy atom. The van der Waals surface area contributed by atoms with E-state index >= 15 is 0 Å². The normalized spacial score (nSPS) is 16.6. The molecule has 0 radical (unpaired) electrons. The van der Waals surface area contributed by atoms with Crippen LogP contribution in [0.3, 0.4) is 0 Å². The molecule has 1 N–H and O–H groups in total. The maximum absolute atomic E-state index is 13.4. The van der Waals surface area contributed by atoms with Crippen LogP contribution in [0.15, 0.2) is 84.9 Å². The number of para-hydroxylation sites is 1. The lowest BCUT2D eigenvalue weighted by Crippen LogP contribution is -2.33. The third-order valence-electron chi connectivity index (χ3n) is 8.41. The van der Waals surface area contributed by atoms with Crippen LogP contribution in [0.4, 0.5) is 17.1 Å². The zero-order valence-electron chi connectivity index (χ0n) is 25.2. The number of fused-ring (bicyclic) bond motifs is 6. The van der Waals surface area contributed by atoms with Crippen molar-refractivity contribution in [3.05, 3.63) is 113 Å². The fourth-order valence-electron chi connectivity index (χ4n) is 6.01. The topological polar surface area (TPSA) is 50.8 Å². The van der Waals surface area contributed by atoms with Gasteiger partial charge in [-0.1, -0.05) is 64.1 Å². The molecule has 1 atom stereocenters. The molecule has 1 spiro atoms. The molecule has 4 aromatic rings. The van der Waals surface area contributed by atoms with Crippen molar-refractivity contribution in [1.82, 2.24) is 0 Å². The number of carbonyl (C=O) groups excluding carboxylic acids is 1. The Kier molecular flexibility index (Phi) is 7.44. The highest BCUT2D eigenvalue weighted by molar-refractivity contribution is 5.97. The lowest BCUT2D eigenvalue weighted by molar-refractivity contribution is 0.0224. The van der Waals surface area contributed by atoms with Crippen molar-refractivity contribution in [2.75, 3.05) is 23.3 Å². The first kappa shape index (κ1) is 27.9. The number of rotatable bonds is 9. The highest BCUT2D eigenvalue weighted by atomic mass is 16.6. The average Bonchev–Trinajstić information content (AvgIpc) is 3.26. The van der Waals surface area contributed by atoms with Crippen molar-refractivity contribution in [1.29, 1.82) is 0 Å². The quantitative estimate of drug-likeness (QED) is 0.207. The van der Waals surface area contributed by atoms with Crippen molar-refractivity contribution in [3.8, 4) is 11.5 Å². The molecule has 4 aromatic carbocycles. The van der Waals surface area contributed by atoms with Gasteiger partial charge < -0.3 is 19.7 Å². The van der Waals surface area contributed by atoms with Crippen LogP contribution in [-0.2, 0) is 10.3 Å². The molecule has 5 heteroatoms. The summed E-state index contributed by atoms with van der Waals surface area (Å²) in [5, 5.41) is 3.56. The third-order valence-corrected chi connectivity index (χ3v) is 8.41. The van der Waals surface area contributed by atoms with E-state index in [0.29, 0.717) is 23.1 Å². The van der Waals surface area contributed by atoms with E-state index < -0.39 is 5.60 Å². The van der Waals surface area contributed by atoms with Crippen LogP contribution < -0.4 is 15.0 Å². The maximum Gasteiger partial charge on any atom is 0.340 e. The summed E-state index contributed by atoms with van der Waals surface area (Å²) in [7, 11) is 0. The molecule has 1 unspecified atom stereocenters. The van der Waals surface area contributed by atoms with Crippen LogP contribution in [0.5, 0.6) is 11.5 Å². The number of nitrogens with one attached hydrogen (secondary N) is 1. The summed E-state index contributed by atoms with van der Waals surface area (Å²) in [4.78, 5) is 15.9. The second-order valence-electron chi connectivity index (χ2n) is 12.4. The number of anilines is 3. The number of benzene rings is 4. The van der Waals surface area contributed by atoms with Gasteiger partial charge in [0.05, 0.1) is 5.56 Å². The van der Waals surface area contributed by atoms with Crippen LogP contribution in [0.25, 0.3) is 0 Å². The van der Waals surface area contributed by atoms with Crippen LogP contribution >= 0.6 is 0 Å². The van der Waals surface area contributed by atoms with Crippen LogP contribution in [0.1, 0.15) is 73.1 Å². The molecule has 2 aliphatic rings. The van der Waals surface area contributed by atoms with Crippen molar-refractivity contribution < 1.29 is 14.3 Å². The number of carbonyl (C=O) groups is 1. The first-order valence-electron chi connectivity index (χ1n) is 15.1. The summed E-state index contributed by atoms with van der Waals surface area (Å²) in [6.07, 6.45) is 2.23. The molecule has 0 amide bonds. The van der Waals surface area contributed by atoms with Gasteiger partial charge in [-0.15, -0.1) is 0 Å². The van der Waals surface area contributed by atoms with E-state index in [4.69, 9.17) is 9.47 Å². The average molecular weight is 561 g/mol. The van der Waals surface area contributed by atoms with E-state index in [1.54, 1.807) is 0 Å². The van der Waals surface area contributed by atoms with Crippen molar-refractivity contribution >= 4 is 23.0 Å². The Labute approximate surface area is 249 Å². The van der Waals surface area contributed by atoms with Gasteiger partial charge >= 0.3 is 5.97 Å². The fraction of sp³-hybridized carbons (Fsp3) is 0.324. The lowest BCUT2D eigenvalue weighted by Gasteiger charge is -2.38. The molecule has 5 nitrogen and oxygen atoms in total. The minimum atomic E-state index is -1.10. The number of hydrogen-bond acceptors (Lipinski definition) is 5. The smallest absolute Gasteiger partial charge is 0.340 e. The van der Waals surface area contributed by atoms with E-state index in [1.165, 1.54) is 0 Å². The standard InChI is InChI=1S/C37H40N2O3/c1-24(2)17-19-39(20-18-25(3)4)28-15-16-31-35(22-28)41-34-21-26(5)33(38-27-11-7-6-8-12-27)23-32(34)37(31)30-14-10-9-13-29(30)36(40)42-37/h6-16,21-25,38H,17-20H2,1-5H3. The van der Waals surface area contributed by atoms with E-state index in [-0.39, 0.29) is 5.97 Å². The van der Waals surface area contributed by atoms with Gasteiger partial charge in [-0.25, -0.2) is 4.79 Å². The minimum absolute atomic E-state index is 0.317. The lowest BCUT2D eigenvalue weighted by atomic mass is 9.77. The summed E-state index contributed by atoms with van der Waals surface area (Å²) in [5.41, 5.74) is 6.11.